The molecular formula is C19H25N7. The van der Waals surface area contributed by atoms with Crippen molar-refractivity contribution < 1.29 is 0 Å². The molecule has 0 aliphatic carbocycles. The van der Waals surface area contributed by atoms with Gasteiger partial charge in [0, 0.05) is 24.9 Å². The number of nitrogens with zero attached hydrogens (tertiary/aromatic N) is 5. The van der Waals surface area contributed by atoms with E-state index in [1.807, 2.05) is 25.4 Å². The summed E-state index contributed by atoms with van der Waals surface area (Å²) in [5.41, 5.74) is 3.12. The summed E-state index contributed by atoms with van der Waals surface area (Å²) in [5.74, 6) is 2.07. The van der Waals surface area contributed by atoms with Crippen molar-refractivity contribution in [2.45, 2.75) is 33.2 Å². The van der Waals surface area contributed by atoms with Crippen LogP contribution in [-0.2, 0) is 0 Å². The van der Waals surface area contributed by atoms with E-state index >= 15 is 0 Å². The second kappa shape index (κ2) is 8.05. The molecule has 0 spiro atoms. The van der Waals surface area contributed by atoms with E-state index in [4.69, 9.17) is 0 Å². The average molecular weight is 351 g/mol. The minimum absolute atomic E-state index is 0.311. The molecule has 1 aliphatic heterocycles. The number of hydrogen-bond acceptors (Lipinski definition) is 6. The number of aryl methyl sites for hydroxylation is 1. The molecule has 0 bridgehead atoms. The number of anilines is 1. The van der Waals surface area contributed by atoms with Gasteiger partial charge in [0.25, 0.3) is 0 Å². The highest BCUT2D eigenvalue weighted by atomic mass is 15.1. The normalized spacial score (nSPS) is 15.1. The Morgan fingerprint density at radius 2 is 2.27 bits per heavy atom. The minimum Gasteiger partial charge on any atom is -0.328 e. The Bertz CT molecular complexity index is 845. The third kappa shape index (κ3) is 4.05. The Balaban J connectivity index is 1.86. The number of nitrogens with one attached hydrogen (secondary N) is 2. The molecule has 0 atom stereocenters. The Hall–Kier alpha value is -2.80. The lowest BCUT2D eigenvalue weighted by molar-refractivity contribution is 0.595. The second-order valence-corrected chi connectivity index (χ2v) is 6.48. The first kappa shape index (κ1) is 18.0. The Morgan fingerprint density at radius 3 is 2.96 bits per heavy atom. The molecule has 2 aromatic rings. The van der Waals surface area contributed by atoms with Gasteiger partial charge in [-0.2, -0.15) is 0 Å². The predicted molar refractivity (Wildman–Crippen MR) is 106 cm³/mol. The summed E-state index contributed by atoms with van der Waals surface area (Å²) < 4.78 is 2.10. The van der Waals surface area contributed by atoms with Crippen LogP contribution in [0.25, 0.3) is 11.6 Å². The van der Waals surface area contributed by atoms with E-state index < -0.39 is 0 Å². The molecule has 0 saturated carbocycles. The van der Waals surface area contributed by atoms with E-state index in [9.17, 15) is 0 Å². The summed E-state index contributed by atoms with van der Waals surface area (Å²) in [7, 11) is 0. The topological polar surface area (TPSA) is 80.0 Å². The van der Waals surface area contributed by atoms with E-state index in [1.165, 1.54) is 5.57 Å². The quantitative estimate of drug-likeness (QED) is 0.782. The monoisotopic (exact) mass is 351 g/mol. The minimum atomic E-state index is 0.311. The van der Waals surface area contributed by atoms with Crippen LogP contribution in [0.3, 0.4) is 0 Å². The van der Waals surface area contributed by atoms with Gasteiger partial charge < -0.3 is 15.2 Å². The van der Waals surface area contributed by atoms with Crippen LogP contribution in [0.4, 0.5) is 5.82 Å². The summed E-state index contributed by atoms with van der Waals surface area (Å²) in [6.07, 6.45) is 8.62. The highest BCUT2D eigenvalue weighted by Gasteiger charge is 2.11. The second-order valence-electron chi connectivity index (χ2n) is 6.48. The maximum absolute atomic E-state index is 4.62. The van der Waals surface area contributed by atoms with Crippen molar-refractivity contribution in [2.24, 2.45) is 4.99 Å². The molecule has 0 aromatic carbocycles. The third-order valence-corrected chi connectivity index (χ3v) is 4.29. The molecule has 0 saturated heterocycles. The fraction of sp³-hybridized carbons (Fsp3) is 0.368. The largest absolute Gasteiger partial charge is 0.328 e. The van der Waals surface area contributed by atoms with Crippen LogP contribution in [0.1, 0.15) is 43.5 Å². The van der Waals surface area contributed by atoms with Crippen LogP contribution < -0.4 is 10.6 Å². The van der Waals surface area contributed by atoms with E-state index in [0.717, 1.165) is 36.7 Å². The van der Waals surface area contributed by atoms with Crippen molar-refractivity contribution in [3.05, 3.63) is 47.7 Å². The Labute approximate surface area is 154 Å². The van der Waals surface area contributed by atoms with E-state index in [2.05, 4.69) is 61.8 Å². The third-order valence-electron chi connectivity index (χ3n) is 4.29. The lowest BCUT2D eigenvalue weighted by atomic mass is 10.1. The average Bonchev–Trinajstić information content (AvgIpc) is 3.03. The fourth-order valence-corrected chi connectivity index (χ4v) is 2.85. The van der Waals surface area contributed by atoms with Crippen molar-refractivity contribution >= 4 is 24.2 Å². The van der Waals surface area contributed by atoms with Crippen molar-refractivity contribution in [3.8, 4) is 0 Å². The standard InChI is InChI=1S/C19H25N7/c1-13(2)26-12-23-14(3)16(26)11-18(20-4)24-17-7-10-22-19(25-17)15-5-8-21-9-6-15/h5,7,10-13,21H,4,6,8-9H2,1-3H3,(H,22,24,25)/b18-11+. The van der Waals surface area contributed by atoms with Gasteiger partial charge in [0.05, 0.1) is 17.7 Å². The van der Waals surface area contributed by atoms with Gasteiger partial charge in [0.1, 0.15) is 11.6 Å². The smallest absolute Gasteiger partial charge is 0.157 e. The maximum atomic E-state index is 4.62. The lowest BCUT2D eigenvalue weighted by Gasteiger charge is -2.14. The molecule has 0 radical (unpaired) electrons. The molecular weight excluding hydrogens is 326 g/mol. The molecule has 7 heteroatoms. The SMILES string of the molecule is C=N/C(=C\c1c(C)ncn1C(C)C)Nc1ccnc(C2=CCNCC2)n1. The molecule has 0 fully saturated rings. The van der Waals surface area contributed by atoms with Gasteiger partial charge in [0.15, 0.2) is 5.82 Å². The number of rotatable bonds is 6. The fourth-order valence-electron chi connectivity index (χ4n) is 2.85. The zero-order chi connectivity index (χ0) is 18.5. The van der Waals surface area contributed by atoms with E-state index in [0.29, 0.717) is 17.7 Å². The van der Waals surface area contributed by atoms with Gasteiger partial charge in [-0.1, -0.05) is 6.08 Å². The highest BCUT2D eigenvalue weighted by Crippen LogP contribution is 2.20. The van der Waals surface area contributed by atoms with Crippen LogP contribution >= 0.6 is 0 Å². The molecule has 136 valence electrons. The van der Waals surface area contributed by atoms with Crippen molar-refractivity contribution in [3.63, 3.8) is 0 Å². The molecule has 0 amide bonds. The lowest BCUT2D eigenvalue weighted by Crippen LogP contribution is -2.20. The van der Waals surface area contributed by atoms with Crippen molar-refractivity contribution in [1.29, 1.82) is 0 Å². The first-order valence-corrected chi connectivity index (χ1v) is 8.80. The Kier molecular flexibility index (Phi) is 5.58. The maximum Gasteiger partial charge on any atom is 0.157 e. The van der Waals surface area contributed by atoms with Crippen molar-refractivity contribution in [1.82, 2.24) is 24.8 Å². The zero-order valence-electron chi connectivity index (χ0n) is 15.5. The van der Waals surface area contributed by atoms with E-state index in [1.54, 1.807) is 6.20 Å². The Morgan fingerprint density at radius 1 is 1.42 bits per heavy atom. The van der Waals surface area contributed by atoms with Crippen LogP contribution in [-0.4, -0.2) is 39.3 Å². The summed E-state index contributed by atoms with van der Waals surface area (Å²) in [5, 5.41) is 6.53. The van der Waals surface area contributed by atoms with Gasteiger partial charge in [-0.15, -0.1) is 0 Å². The molecule has 0 unspecified atom stereocenters. The predicted octanol–water partition coefficient (Wildman–Crippen LogP) is 3.05. The van der Waals surface area contributed by atoms with Crippen LogP contribution in [0.15, 0.2) is 35.5 Å². The highest BCUT2D eigenvalue weighted by molar-refractivity contribution is 5.63. The van der Waals surface area contributed by atoms with Gasteiger partial charge in [0.2, 0.25) is 0 Å². The molecule has 2 N–H and O–H groups in total. The number of imidazole rings is 1. The number of aromatic nitrogens is 4. The molecule has 3 rings (SSSR count). The summed E-state index contributed by atoms with van der Waals surface area (Å²) >= 11 is 0. The summed E-state index contributed by atoms with van der Waals surface area (Å²) in [6, 6.07) is 2.14. The zero-order valence-corrected chi connectivity index (χ0v) is 15.5. The van der Waals surface area contributed by atoms with Crippen LogP contribution in [0.2, 0.25) is 0 Å². The van der Waals surface area contributed by atoms with Gasteiger partial charge in [-0.05, 0) is 52.1 Å². The van der Waals surface area contributed by atoms with E-state index in [-0.39, 0.29) is 0 Å². The summed E-state index contributed by atoms with van der Waals surface area (Å²) in [4.78, 5) is 17.5. The van der Waals surface area contributed by atoms with Gasteiger partial charge in [-0.3, -0.25) is 0 Å². The molecule has 26 heavy (non-hydrogen) atoms. The first-order chi connectivity index (χ1) is 12.6. The van der Waals surface area contributed by atoms with Crippen molar-refractivity contribution in [2.75, 3.05) is 18.4 Å². The number of hydrogen-bond donors (Lipinski definition) is 2. The molecule has 3 heterocycles. The first-order valence-electron chi connectivity index (χ1n) is 8.80. The van der Waals surface area contributed by atoms with Gasteiger partial charge in [-0.25, -0.2) is 19.9 Å². The molecule has 2 aromatic heterocycles. The molecule has 7 nitrogen and oxygen atoms in total. The number of aliphatic imine (C=N–C) groups is 1. The van der Waals surface area contributed by atoms with Crippen LogP contribution in [0.5, 0.6) is 0 Å². The van der Waals surface area contributed by atoms with Gasteiger partial charge >= 0.3 is 0 Å². The molecule has 1 aliphatic rings. The summed E-state index contributed by atoms with van der Waals surface area (Å²) in [6.45, 7) is 11.7. The van der Waals surface area contributed by atoms with Crippen LogP contribution in [0, 0.1) is 6.92 Å².